The van der Waals surface area contributed by atoms with Gasteiger partial charge >= 0.3 is 0 Å². The number of nitrogens with one attached hydrogen (secondary N) is 1. The summed E-state index contributed by atoms with van der Waals surface area (Å²) in [6.45, 7) is 0. The Morgan fingerprint density at radius 2 is 2.05 bits per heavy atom. The highest BCUT2D eigenvalue weighted by Gasteiger charge is 2.06. The van der Waals surface area contributed by atoms with Gasteiger partial charge in [0, 0.05) is 21.5 Å². The van der Waals surface area contributed by atoms with E-state index in [1.807, 2.05) is 0 Å². The van der Waals surface area contributed by atoms with Crippen molar-refractivity contribution in [2.45, 2.75) is 17.3 Å². The van der Waals surface area contributed by atoms with Crippen molar-refractivity contribution >= 4 is 39.0 Å². The molecule has 3 nitrogen and oxygen atoms in total. The van der Waals surface area contributed by atoms with Crippen molar-refractivity contribution in [3.05, 3.63) is 62.5 Å². The number of halogens is 1. The van der Waals surface area contributed by atoms with Crippen LogP contribution in [0.25, 0.3) is 0 Å². The van der Waals surface area contributed by atoms with Gasteiger partial charge in [-0.3, -0.25) is 5.10 Å². The molecule has 6 heteroatoms. The maximum Gasteiger partial charge on any atom is 0.208 e. The summed E-state index contributed by atoms with van der Waals surface area (Å²) < 4.78 is 1.10. The van der Waals surface area contributed by atoms with Crippen LogP contribution in [0.5, 0.6) is 0 Å². The number of thioether (sulfide) groups is 1. The van der Waals surface area contributed by atoms with Crippen molar-refractivity contribution in [3.8, 4) is 0 Å². The molecule has 0 saturated carbocycles. The Morgan fingerprint density at radius 1 is 1.20 bits per heavy atom. The van der Waals surface area contributed by atoms with E-state index in [0.717, 1.165) is 27.6 Å². The average Bonchev–Trinajstić information content (AvgIpc) is 3.11. The molecule has 3 rings (SSSR count). The molecule has 0 fully saturated rings. The highest BCUT2D eigenvalue weighted by Crippen LogP contribution is 2.21. The second-order valence-corrected chi connectivity index (χ2v) is 7.13. The Kier molecular flexibility index (Phi) is 4.54. The molecule has 3 aromatic rings. The van der Waals surface area contributed by atoms with E-state index >= 15 is 0 Å². The fourth-order valence-corrected chi connectivity index (χ4v) is 3.47. The zero-order chi connectivity index (χ0) is 13.8. The predicted octanol–water partition coefficient (Wildman–Crippen LogP) is 4.51. The number of benzene rings is 1. The molecule has 0 aliphatic rings. The molecule has 20 heavy (non-hydrogen) atoms. The third-order valence-corrected chi connectivity index (χ3v) is 5.04. The Labute approximate surface area is 134 Å². The van der Waals surface area contributed by atoms with Crippen LogP contribution in [-0.4, -0.2) is 15.2 Å². The van der Waals surface area contributed by atoms with Crippen LogP contribution < -0.4 is 0 Å². The Bertz CT molecular complexity index is 662. The van der Waals surface area contributed by atoms with Crippen LogP contribution >= 0.6 is 39.0 Å². The molecule has 1 aromatic carbocycles. The number of thiophene rings is 1. The third kappa shape index (κ3) is 3.71. The lowest BCUT2D eigenvalue weighted by atomic mass is 10.2. The van der Waals surface area contributed by atoms with E-state index in [1.165, 1.54) is 10.4 Å². The number of hydrogen-bond donors (Lipinski definition) is 1. The van der Waals surface area contributed by atoms with E-state index < -0.39 is 0 Å². The first kappa shape index (κ1) is 13.9. The summed E-state index contributed by atoms with van der Waals surface area (Å²) >= 11 is 6.82. The smallest absolute Gasteiger partial charge is 0.208 e. The third-order valence-electron chi connectivity index (χ3n) is 2.71. The van der Waals surface area contributed by atoms with Crippen LogP contribution in [-0.2, 0) is 12.2 Å². The first-order chi connectivity index (χ1) is 9.79. The van der Waals surface area contributed by atoms with Gasteiger partial charge in [0.25, 0.3) is 0 Å². The predicted molar refractivity (Wildman–Crippen MR) is 87.2 cm³/mol. The molecule has 2 heterocycles. The van der Waals surface area contributed by atoms with E-state index in [9.17, 15) is 0 Å². The van der Waals surface area contributed by atoms with Gasteiger partial charge in [-0.2, -0.15) is 0 Å². The monoisotopic (exact) mass is 365 g/mol. The lowest BCUT2D eigenvalue weighted by Crippen LogP contribution is -1.87. The summed E-state index contributed by atoms with van der Waals surface area (Å²) in [5.41, 5.74) is 1.27. The first-order valence-corrected chi connectivity index (χ1v) is 8.76. The van der Waals surface area contributed by atoms with E-state index in [1.54, 1.807) is 23.1 Å². The number of aromatic amines is 1. The largest absolute Gasteiger partial charge is 0.262 e. The van der Waals surface area contributed by atoms with Crippen LogP contribution in [0.2, 0.25) is 0 Å². The number of aromatic nitrogens is 3. The minimum atomic E-state index is 0.805. The summed E-state index contributed by atoms with van der Waals surface area (Å²) in [7, 11) is 0. The fourth-order valence-electron chi connectivity index (χ4n) is 1.73. The fraction of sp³-hybridized carbons (Fsp3) is 0.143. The van der Waals surface area contributed by atoms with Crippen molar-refractivity contribution in [3.63, 3.8) is 0 Å². The highest BCUT2D eigenvalue weighted by molar-refractivity contribution is 9.10. The molecular formula is C14H12BrN3S2. The van der Waals surface area contributed by atoms with E-state index in [0.29, 0.717) is 0 Å². The standard InChI is InChI=1S/C14H12BrN3S2/c15-11-5-3-10(4-6-11)9-20-14-16-13(17-18-14)8-12-2-1-7-19-12/h1-7H,8-9H2,(H,16,17,18). The van der Waals surface area contributed by atoms with Crippen molar-refractivity contribution < 1.29 is 0 Å². The second-order valence-electron chi connectivity index (χ2n) is 4.24. The Balaban J connectivity index is 1.58. The maximum absolute atomic E-state index is 4.51. The van der Waals surface area contributed by atoms with Crippen molar-refractivity contribution in [1.29, 1.82) is 0 Å². The van der Waals surface area contributed by atoms with Gasteiger partial charge in [-0.05, 0) is 29.1 Å². The van der Waals surface area contributed by atoms with Crippen molar-refractivity contribution in [1.82, 2.24) is 15.2 Å². The molecular weight excluding hydrogens is 354 g/mol. The Hall–Kier alpha value is -1.11. The highest BCUT2D eigenvalue weighted by atomic mass is 79.9. The average molecular weight is 366 g/mol. The normalized spacial score (nSPS) is 10.8. The van der Waals surface area contributed by atoms with Gasteiger partial charge in [0.15, 0.2) is 0 Å². The molecule has 2 aromatic heterocycles. The van der Waals surface area contributed by atoms with Crippen LogP contribution in [0.3, 0.4) is 0 Å². The van der Waals surface area contributed by atoms with Crippen LogP contribution in [0, 0.1) is 0 Å². The van der Waals surface area contributed by atoms with Crippen LogP contribution in [0.15, 0.2) is 51.4 Å². The van der Waals surface area contributed by atoms with E-state index in [-0.39, 0.29) is 0 Å². The quantitative estimate of drug-likeness (QED) is 0.676. The van der Waals surface area contributed by atoms with Gasteiger partial charge in [-0.1, -0.05) is 45.9 Å². The van der Waals surface area contributed by atoms with Gasteiger partial charge in [-0.25, -0.2) is 4.98 Å². The number of nitrogens with zero attached hydrogens (tertiary/aromatic N) is 2. The van der Waals surface area contributed by atoms with Gasteiger partial charge in [0.2, 0.25) is 5.16 Å². The number of hydrogen-bond acceptors (Lipinski definition) is 4. The Morgan fingerprint density at radius 3 is 2.80 bits per heavy atom. The molecule has 0 saturated heterocycles. The second kappa shape index (κ2) is 6.56. The SMILES string of the molecule is Brc1ccc(CSc2n[nH]c(Cc3cccs3)n2)cc1. The number of H-pyrrole nitrogens is 1. The summed E-state index contributed by atoms with van der Waals surface area (Å²) in [5, 5.41) is 10.1. The molecule has 0 bridgehead atoms. The lowest BCUT2D eigenvalue weighted by Gasteiger charge is -1.98. The molecule has 0 unspecified atom stereocenters. The zero-order valence-corrected chi connectivity index (χ0v) is 13.8. The van der Waals surface area contributed by atoms with E-state index in [2.05, 4.69) is 72.9 Å². The molecule has 0 radical (unpaired) electrons. The molecule has 0 amide bonds. The minimum absolute atomic E-state index is 0.805. The van der Waals surface area contributed by atoms with Gasteiger partial charge < -0.3 is 0 Å². The molecule has 0 atom stereocenters. The summed E-state index contributed by atoms with van der Waals surface area (Å²) in [5.74, 6) is 1.80. The molecule has 0 aliphatic carbocycles. The van der Waals surface area contributed by atoms with Gasteiger partial charge in [-0.15, -0.1) is 16.4 Å². The first-order valence-electron chi connectivity index (χ1n) is 6.10. The molecule has 1 N–H and O–H groups in total. The summed E-state index contributed by atoms with van der Waals surface area (Å²) in [6.07, 6.45) is 0.823. The maximum atomic E-state index is 4.51. The van der Waals surface area contributed by atoms with Crippen LogP contribution in [0.1, 0.15) is 16.3 Å². The van der Waals surface area contributed by atoms with E-state index in [4.69, 9.17) is 0 Å². The molecule has 0 aliphatic heterocycles. The minimum Gasteiger partial charge on any atom is -0.262 e. The molecule has 102 valence electrons. The van der Waals surface area contributed by atoms with Crippen molar-refractivity contribution in [2.24, 2.45) is 0 Å². The lowest BCUT2D eigenvalue weighted by molar-refractivity contribution is 0.960. The van der Waals surface area contributed by atoms with Gasteiger partial charge in [0.1, 0.15) is 5.82 Å². The summed E-state index contributed by atoms with van der Waals surface area (Å²) in [6, 6.07) is 12.5. The topological polar surface area (TPSA) is 41.6 Å². The van der Waals surface area contributed by atoms with Gasteiger partial charge in [0.05, 0.1) is 0 Å². The number of rotatable bonds is 5. The summed E-state index contributed by atoms with van der Waals surface area (Å²) in [4.78, 5) is 5.81. The molecule has 0 spiro atoms. The van der Waals surface area contributed by atoms with Crippen molar-refractivity contribution in [2.75, 3.05) is 0 Å². The van der Waals surface area contributed by atoms with Crippen LogP contribution in [0.4, 0.5) is 0 Å². The zero-order valence-electron chi connectivity index (χ0n) is 10.5.